The van der Waals surface area contributed by atoms with E-state index in [1.807, 2.05) is 0 Å². The second-order valence-electron chi connectivity index (χ2n) is 3.39. The fourth-order valence-corrected chi connectivity index (χ4v) is 1.35. The topological polar surface area (TPSA) is 82.2 Å². The van der Waals surface area contributed by atoms with Gasteiger partial charge in [0.05, 0.1) is 12.9 Å². The zero-order valence-corrected chi connectivity index (χ0v) is 9.48. The lowest BCUT2D eigenvalue weighted by Gasteiger charge is -2.08. The summed E-state index contributed by atoms with van der Waals surface area (Å²) in [4.78, 5) is 15.5. The average Bonchev–Trinajstić information content (AvgIpc) is 2.67. The number of hydrogen-bond donors (Lipinski definition) is 2. The smallest absolute Gasteiger partial charge is 0.240 e. The molecule has 0 aromatic carbocycles. The summed E-state index contributed by atoms with van der Waals surface area (Å²) >= 11 is 0. The molecular formula is C10H18N4O2. The number of carbonyl (C=O) groups excluding carboxylic acids is 1. The molecule has 0 radical (unpaired) electrons. The van der Waals surface area contributed by atoms with E-state index in [4.69, 9.17) is 10.5 Å². The first-order valence-electron chi connectivity index (χ1n) is 5.22. The number of amides is 1. The van der Waals surface area contributed by atoms with E-state index in [-0.39, 0.29) is 12.5 Å². The quantitative estimate of drug-likeness (QED) is 0.593. The minimum atomic E-state index is -0.0479. The van der Waals surface area contributed by atoms with Gasteiger partial charge in [0.25, 0.3) is 0 Å². The number of hydrogen-bond acceptors (Lipinski definition) is 4. The van der Waals surface area contributed by atoms with Gasteiger partial charge >= 0.3 is 0 Å². The molecule has 90 valence electrons. The van der Waals surface area contributed by atoms with E-state index in [9.17, 15) is 4.79 Å². The van der Waals surface area contributed by atoms with E-state index >= 15 is 0 Å². The van der Waals surface area contributed by atoms with E-state index < -0.39 is 0 Å². The van der Waals surface area contributed by atoms with Crippen molar-refractivity contribution in [1.29, 1.82) is 0 Å². The standard InChI is InChI=1S/C10H18N4O2/c1-16-5-4-13-10(15)7-14-8-12-6-9(14)2-3-11/h6,8H,2-5,7,11H2,1H3,(H,13,15). The van der Waals surface area contributed by atoms with Gasteiger partial charge in [-0.2, -0.15) is 0 Å². The zero-order valence-electron chi connectivity index (χ0n) is 9.48. The Morgan fingerprint density at radius 2 is 2.50 bits per heavy atom. The van der Waals surface area contributed by atoms with E-state index in [1.165, 1.54) is 0 Å². The molecule has 0 bridgehead atoms. The highest BCUT2D eigenvalue weighted by Crippen LogP contribution is 1.99. The Kier molecular flexibility index (Phi) is 5.52. The Morgan fingerprint density at radius 3 is 3.19 bits per heavy atom. The third-order valence-electron chi connectivity index (χ3n) is 2.14. The minimum Gasteiger partial charge on any atom is -0.383 e. The van der Waals surface area contributed by atoms with E-state index in [0.29, 0.717) is 19.7 Å². The minimum absolute atomic E-state index is 0.0479. The molecule has 0 aliphatic rings. The highest BCUT2D eigenvalue weighted by molar-refractivity contribution is 5.75. The second kappa shape index (κ2) is 6.97. The molecule has 0 aliphatic carbocycles. The first kappa shape index (κ1) is 12.7. The third kappa shape index (κ3) is 4.00. The normalized spacial score (nSPS) is 10.4. The van der Waals surface area contributed by atoms with Crippen molar-refractivity contribution in [3.63, 3.8) is 0 Å². The van der Waals surface area contributed by atoms with Crippen molar-refractivity contribution in [2.45, 2.75) is 13.0 Å². The largest absolute Gasteiger partial charge is 0.383 e. The van der Waals surface area contributed by atoms with Crippen LogP contribution in [0.1, 0.15) is 5.69 Å². The van der Waals surface area contributed by atoms with Gasteiger partial charge in [-0.3, -0.25) is 4.79 Å². The molecule has 0 saturated carbocycles. The number of carbonyl (C=O) groups is 1. The highest BCUT2D eigenvalue weighted by Gasteiger charge is 2.05. The summed E-state index contributed by atoms with van der Waals surface area (Å²) < 4.78 is 6.64. The molecule has 1 rings (SSSR count). The number of ether oxygens (including phenoxy) is 1. The lowest BCUT2D eigenvalue weighted by Crippen LogP contribution is -2.30. The van der Waals surface area contributed by atoms with Crippen molar-refractivity contribution in [3.8, 4) is 0 Å². The van der Waals surface area contributed by atoms with Gasteiger partial charge < -0.3 is 20.4 Å². The van der Waals surface area contributed by atoms with E-state index in [1.54, 1.807) is 24.2 Å². The fourth-order valence-electron chi connectivity index (χ4n) is 1.35. The molecule has 0 atom stereocenters. The zero-order chi connectivity index (χ0) is 11.8. The van der Waals surface area contributed by atoms with Crippen LogP contribution < -0.4 is 11.1 Å². The predicted octanol–water partition coefficient (Wildman–Crippen LogP) is -0.853. The van der Waals surface area contributed by atoms with Crippen LogP contribution in [-0.4, -0.2) is 42.3 Å². The van der Waals surface area contributed by atoms with Crippen molar-refractivity contribution in [2.75, 3.05) is 26.8 Å². The molecular weight excluding hydrogens is 208 g/mol. The molecule has 0 unspecified atom stereocenters. The number of rotatable bonds is 7. The van der Waals surface area contributed by atoms with Crippen molar-refractivity contribution in [2.24, 2.45) is 5.73 Å². The molecule has 16 heavy (non-hydrogen) atoms. The van der Waals surface area contributed by atoms with Crippen LogP contribution in [0.2, 0.25) is 0 Å². The number of nitrogens with zero attached hydrogens (tertiary/aromatic N) is 2. The van der Waals surface area contributed by atoms with Gasteiger partial charge in [-0.25, -0.2) is 4.98 Å². The number of imidazole rings is 1. The van der Waals surface area contributed by atoms with Gasteiger partial charge in [0, 0.05) is 32.0 Å². The molecule has 0 fully saturated rings. The summed E-state index contributed by atoms with van der Waals surface area (Å²) in [5.74, 6) is -0.0479. The second-order valence-corrected chi connectivity index (χ2v) is 3.39. The fraction of sp³-hybridized carbons (Fsp3) is 0.600. The Morgan fingerprint density at radius 1 is 1.69 bits per heavy atom. The van der Waals surface area contributed by atoms with Gasteiger partial charge in [0.2, 0.25) is 5.91 Å². The van der Waals surface area contributed by atoms with Crippen molar-refractivity contribution in [1.82, 2.24) is 14.9 Å². The molecule has 1 heterocycles. The molecule has 1 aromatic heterocycles. The van der Waals surface area contributed by atoms with Crippen LogP contribution in [0.4, 0.5) is 0 Å². The maximum absolute atomic E-state index is 11.5. The first-order chi connectivity index (χ1) is 7.77. The monoisotopic (exact) mass is 226 g/mol. The molecule has 6 nitrogen and oxygen atoms in total. The Labute approximate surface area is 94.8 Å². The molecule has 1 aromatic rings. The van der Waals surface area contributed by atoms with Gasteiger partial charge in [-0.15, -0.1) is 0 Å². The van der Waals surface area contributed by atoms with Gasteiger partial charge in [0.1, 0.15) is 6.54 Å². The van der Waals surface area contributed by atoms with Crippen LogP contribution in [0.3, 0.4) is 0 Å². The van der Waals surface area contributed by atoms with Gasteiger partial charge in [0.15, 0.2) is 0 Å². The number of aromatic nitrogens is 2. The molecule has 0 aliphatic heterocycles. The van der Waals surface area contributed by atoms with Crippen LogP contribution in [-0.2, 0) is 22.5 Å². The van der Waals surface area contributed by atoms with Crippen LogP contribution in [0.5, 0.6) is 0 Å². The Hall–Kier alpha value is -1.40. The lowest BCUT2D eigenvalue weighted by atomic mass is 10.3. The summed E-state index contributed by atoms with van der Waals surface area (Å²) in [7, 11) is 1.60. The van der Waals surface area contributed by atoms with Crippen LogP contribution in [0, 0.1) is 0 Å². The third-order valence-corrected chi connectivity index (χ3v) is 2.14. The molecule has 1 amide bonds. The number of nitrogens with one attached hydrogen (secondary N) is 1. The van der Waals surface area contributed by atoms with E-state index in [0.717, 1.165) is 12.1 Å². The van der Waals surface area contributed by atoms with Gasteiger partial charge in [-0.1, -0.05) is 0 Å². The SMILES string of the molecule is COCCNC(=O)Cn1cncc1CCN. The van der Waals surface area contributed by atoms with Crippen molar-refractivity contribution < 1.29 is 9.53 Å². The summed E-state index contributed by atoms with van der Waals surface area (Å²) in [5, 5.41) is 2.75. The van der Waals surface area contributed by atoms with Gasteiger partial charge in [-0.05, 0) is 6.54 Å². The maximum Gasteiger partial charge on any atom is 0.240 e. The molecule has 3 N–H and O–H groups in total. The molecule has 6 heteroatoms. The van der Waals surface area contributed by atoms with E-state index in [2.05, 4.69) is 10.3 Å². The van der Waals surface area contributed by atoms with Crippen LogP contribution in [0.15, 0.2) is 12.5 Å². The summed E-state index contributed by atoms with van der Waals surface area (Å²) in [6.45, 7) is 1.87. The van der Waals surface area contributed by atoms with Crippen molar-refractivity contribution >= 4 is 5.91 Å². The van der Waals surface area contributed by atoms with Crippen LogP contribution in [0.25, 0.3) is 0 Å². The lowest BCUT2D eigenvalue weighted by molar-refractivity contribution is -0.121. The average molecular weight is 226 g/mol. The molecule has 0 spiro atoms. The Balaban J connectivity index is 2.39. The Bertz CT molecular complexity index is 324. The van der Waals surface area contributed by atoms with Crippen molar-refractivity contribution in [3.05, 3.63) is 18.2 Å². The first-order valence-corrected chi connectivity index (χ1v) is 5.22. The summed E-state index contributed by atoms with van der Waals surface area (Å²) in [6.07, 6.45) is 4.10. The predicted molar refractivity (Wildman–Crippen MR) is 59.9 cm³/mol. The maximum atomic E-state index is 11.5. The summed E-state index contributed by atoms with van der Waals surface area (Å²) in [6, 6.07) is 0. The molecule has 0 saturated heterocycles. The summed E-state index contributed by atoms with van der Waals surface area (Å²) in [5.41, 5.74) is 6.44. The number of methoxy groups -OCH3 is 1. The number of nitrogens with two attached hydrogens (primary N) is 1. The van der Waals surface area contributed by atoms with Crippen LogP contribution >= 0.6 is 0 Å². The highest BCUT2D eigenvalue weighted by atomic mass is 16.5.